The van der Waals surface area contributed by atoms with E-state index in [0.717, 1.165) is 85.5 Å². The Hall–Kier alpha value is -3.80. The van der Waals surface area contributed by atoms with Crippen molar-refractivity contribution in [3.05, 3.63) is 53.5 Å². The van der Waals surface area contributed by atoms with Gasteiger partial charge in [-0.25, -0.2) is 4.98 Å². The molecule has 4 aromatic rings. The summed E-state index contributed by atoms with van der Waals surface area (Å²) in [4.78, 5) is 31.1. The number of hydrogen-bond donors (Lipinski definition) is 2. The van der Waals surface area contributed by atoms with Crippen molar-refractivity contribution in [2.75, 3.05) is 56.5 Å². The van der Waals surface area contributed by atoms with E-state index >= 15 is 0 Å². The van der Waals surface area contributed by atoms with Crippen molar-refractivity contribution in [1.82, 2.24) is 34.1 Å². The fraction of sp³-hybridized carbons (Fsp3) is 0.543. The lowest BCUT2D eigenvalue weighted by atomic mass is 9.93. The lowest BCUT2D eigenvalue weighted by molar-refractivity contribution is 0.0982. The average molecular weight is 626 g/mol. The molecule has 11 nitrogen and oxygen atoms in total. The number of hydrogen-bond acceptors (Lipinski definition) is 8. The number of aromatic nitrogens is 5. The highest BCUT2D eigenvalue weighted by molar-refractivity contribution is 6.05. The van der Waals surface area contributed by atoms with E-state index in [-0.39, 0.29) is 18.1 Å². The number of fused-ring (bicyclic) bond motifs is 1. The highest BCUT2D eigenvalue weighted by Gasteiger charge is 2.29. The van der Waals surface area contributed by atoms with E-state index < -0.39 is 0 Å². The molecule has 1 amide bonds. The van der Waals surface area contributed by atoms with E-state index in [0.29, 0.717) is 17.6 Å². The maximum atomic E-state index is 13.8. The number of piperidine rings is 1. The van der Waals surface area contributed by atoms with Crippen molar-refractivity contribution in [1.29, 1.82) is 0 Å². The van der Waals surface area contributed by atoms with Gasteiger partial charge in [0.25, 0.3) is 5.91 Å². The summed E-state index contributed by atoms with van der Waals surface area (Å²) >= 11 is 0. The summed E-state index contributed by atoms with van der Waals surface area (Å²) in [5.74, 6) is 0.341. The van der Waals surface area contributed by atoms with Crippen LogP contribution in [-0.2, 0) is 7.05 Å². The van der Waals surface area contributed by atoms with Gasteiger partial charge in [-0.2, -0.15) is 5.10 Å². The van der Waals surface area contributed by atoms with Crippen LogP contribution >= 0.6 is 0 Å². The molecule has 3 aromatic heterocycles. The summed E-state index contributed by atoms with van der Waals surface area (Å²) in [6.45, 7) is 10.6. The molecule has 3 fully saturated rings. The highest BCUT2D eigenvalue weighted by Crippen LogP contribution is 2.36. The molecule has 3 aliphatic rings. The first-order valence-corrected chi connectivity index (χ1v) is 16.9. The van der Waals surface area contributed by atoms with Gasteiger partial charge in [-0.3, -0.25) is 24.7 Å². The first kappa shape index (κ1) is 30.8. The number of anilines is 2. The van der Waals surface area contributed by atoms with Crippen LogP contribution in [0.4, 0.5) is 11.6 Å². The molecule has 244 valence electrons. The molecule has 5 heterocycles. The Labute approximate surface area is 271 Å². The lowest BCUT2D eigenvalue weighted by Crippen LogP contribution is -2.52. The normalized spacial score (nSPS) is 22.1. The molecule has 0 atom stereocenters. The summed E-state index contributed by atoms with van der Waals surface area (Å²) in [5, 5.41) is 17.8. The van der Waals surface area contributed by atoms with E-state index in [1.807, 2.05) is 37.7 Å². The van der Waals surface area contributed by atoms with Crippen molar-refractivity contribution in [3.8, 4) is 11.3 Å². The van der Waals surface area contributed by atoms with E-state index in [1.165, 1.54) is 31.6 Å². The fourth-order valence-corrected chi connectivity index (χ4v) is 7.59. The molecule has 46 heavy (non-hydrogen) atoms. The van der Waals surface area contributed by atoms with Gasteiger partial charge in [0.15, 0.2) is 0 Å². The summed E-state index contributed by atoms with van der Waals surface area (Å²) < 4.78 is 4.03. The van der Waals surface area contributed by atoms with Gasteiger partial charge in [0.2, 0.25) is 5.95 Å². The maximum absolute atomic E-state index is 13.8. The second-order valence-corrected chi connectivity index (χ2v) is 13.6. The number of likely N-dealkylation sites (N-methyl/N-ethyl adjacent to an activating group) is 1. The van der Waals surface area contributed by atoms with Gasteiger partial charge in [-0.1, -0.05) is 0 Å². The summed E-state index contributed by atoms with van der Waals surface area (Å²) in [5.41, 5.74) is 7.04. The van der Waals surface area contributed by atoms with Crippen molar-refractivity contribution >= 4 is 28.6 Å². The van der Waals surface area contributed by atoms with Crippen molar-refractivity contribution in [3.63, 3.8) is 0 Å². The number of piperazine rings is 1. The zero-order chi connectivity index (χ0) is 31.9. The molecule has 2 aliphatic heterocycles. The molecule has 0 unspecified atom stereocenters. The third-order valence-electron chi connectivity index (χ3n) is 10.5. The van der Waals surface area contributed by atoms with Crippen LogP contribution in [0, 0.1) is 13.8 Å². The first-order chi connectivity index (χ1) is 22.2. The third kappa shape index (κ3) is 6.15. The number of rotatable bonds is 6. The number of aliphatic hydroxyl groups is 1. The largest absolute Gasteiger partial charge is 0.393 e. The summed E-state index contributed by atoms with van der Waals surface area (Å²) in [7, 11) is 4.12. The second kappa shape index (κ2) is 12.8. The van der Waals surface area contributed by atoms with Crippen LogP contribution in [0.5, 0.6) is 0 Å². The number of aliphatic hydroxyl groups excluding tert-OH is 1. The second-order valence-electron chi connectivity index (χ2n) is 13.6. The van der Waals surface area contributed by atoms with E-state index in [9.17, 15) is 9.90 Å². The van der Waals surface area contributed by atoms with Crippen LogP contribution in [0.2, 0.25) is 0 Å². The van der Waals surface area contributed by atoms with Gasteiger partial charge >= 0.3 is 0 Å². The number of aryl methyl sites for hydroxylation is 2. The molecular formula is C35H47N9O2. The predicted molar refractivity (Wildman–Crippen MR) is 181 cm³/mol. The smallest absolute Gasteiger partial charge is 0.258 e. The van der Waals surface area contributed by atoms with E-state index in [1.54, 1.807) is 6.20 Å². The molecule has 2 saturated heterocycles. The standard InChI is InChI=1S/C35H47N9O2/c1-23-19-25(20-32(37-23)30-22-36-41(4)24(30)2)34(46)39-35-38-31-10-7-28(21-33(31)44(35)27-5-8-29(45)9-6-27)42-13-11-26(12-14-42)43-17-15-40(3)16-18-43/h7,10,19-22,26-27,29,45H,5-6,8-9,11-18H2,1-4H3,(H,38,39,46)/t27-,29+. The Kier molecular flexibility index (Phi) is 8.56. The molecule has 11 heteroatoms. The number of carbonyl (C=O) groups excluding carboxylic acids is 1. The van der Waals surface area contributed by atoms with Gasteiger partial charge < -0.3 is 19.5 Å². The Morgan fingerprint density at radius 2 is 1.61 bits per heavy atom. The number of carbonyl (C=O) groups is 1. The summed E-state index contributed by atoms with van der Waals surface area (Å²) in [6, 6.07) is 11.0. The number of pyridine rings is 1. The maximum Gasteiger partial charge on any atom is 0.258 e. The zero-order valence-corrected chi connectivity index (χ0v) is 27.6. The van der Waals surface area contributed by atoms with Gasteiger partial charge in [-0.15, -0.1) is 0 Å². The topological polar surface area (TPSA) is 108 Å². The predicted octanol–water partition coefficient (Wildman–Crippen LogP) is 4.39. The molecule has 1 aliphatic carbocycles. The Morgan fingerprint density at radius 3 is 2.30 bits per heavy atom. The zero-order valence-electron chi connectivity index (χ0n) is 27.6. The number of benzene rings is 1. The minimum atomic E-state index is -0.268. The highest BCUT2D eigenvalue weighted by atomic mass is 16.3. The van der Waals surface area contributed by atoms with Crippen LogP contribution in [0.3, 0.4) is 0 Å². The average Bonchev–Trinajstić information content (AvgIpc) is 3.59. The van der Waals surface area contributed by atoms with Crippen LogP contribution < -0.4 is 10.2 Å². The summed E-state index contributed by atoms with van der Waals surface area (Å²) in [6.07, 6.45) is 7.05. The number of imidazole rings is 1. The quantitative estimate of drug-likeness (QED) is 0.325. The van der Waals surface area contributed by atoms with E-state index in [4.69, 9.17) is 9.97 Å². The lowest BCUT2D eigenvalue weighted by Gasteiger charge is -2.42. The minimum Gasteiger partial charge on any atom is -0.393 e. The Morgan fingerprint density at radius 1 is 0.870 bits per heavy atom. The Balaban J connectivity index is 1.16. The number of nitrogens with one attached hydrogen (secondary N) is 1. The molecule has 7 rings (SSSR count). The van der Waals surface area contributed by atoms with Gasteiger partial charge in [0, 0.05) is 86.6 Å². The van der Waals surface area contributed by atoms with Gasteiger partial charge in [-0.05, 0) is 89.8 Å². The van der Waals surface area contributed by atoms with Crippen LogP contribution in [0.15, 0.2) is 36.5 Å². The molecule has 0 spiro atoms. The molecule has 0 radical (unpaired) electrons. The Bertz CT molecular complexity index is 1700. The first-order valence-electron chi connectivity index (χ1n) is 16.9. The SMILES string of the molecule is Cc1cc(C(=O)Nc2nc3ccc(N4CCC(N5CCN(C)CC5)CC4)cc3n2[C@H]2CC[C@@H](O)CC2)cc(-c2cnn(C)c2C)n1. The van der Waals surface area contributed by atoms with Gasteiger partial charge in [0.05, 0.1) is 29.0 Å². The van der Waals surface area contributed by atoms with Crippen molar-refractivity contribution in [2.24, 2.45) is 7.05 Å². The van der Waals surface area contributed by atoms with Crippen LogP contribution in [-0.4, -0.2) is 104 Å². The minimum absolute atomic E-state index is 0.148. The van der Waals surface area contributed by atoms with Crippen molar-refractivity contribution < 1.29 is 9.90 Å². The van der Waals surface area contributed by atoms with Crippen LogP contribution in [0.25, 0.3) is 22.3 Å². The van der Waals surface area contributed by atoms with E-state index in [2.05, 4.69) is 54.9 Å². The fourth-order valence-electron chi connectivity index (χ4n) is 7.59. The molecule has 2 N–H and O–H groups in total. The monoisotopic (exact) mass is 625 g/mol. The number of nitrogens with zero attached hydrogens (tertiary/aromatic N) is 8. The molecule has 1 saturated carbocycles. The third-order valence-corrected chi connectivity index (χ3v) is 10.5. The van der Waals surface area contributed by atoms with Crippen LogP contribution in [0.1, 0.15) is 66.3 Å². The molecule has 1 aromatic carbocycles. The molecule has 0 bridgehead atoms. The van der Waals surface area contributed by atoms with Gasteiger partial charge in [0.1, 0.15) is 0 Å². The van der Waals surface area contributed by atoms with Crippen molar-refractivity contribution in [2.45, 2.75) is 70.6 Å². The number of amides is 1. The molecular weight excluding hydrogens is 578 g/mol.